The normalized spacial score (nSPS) is 49.2. The van der Waals surface area contributed by atoms with E-state index < -0.39 is 6.08 Å². The van der Waals surface area contributed by atoms with Crippen LogP contribution in [0.3, 0.4) is 0 Å². The second-order valence-electron chi connectivity index (χ2n) is 1.65. The third-order valence-electron chi connectivity index (χ3n) is 1.02. The lowest BCUT2D eigenvalue weighted by atomic mass is 10.3. The van der Waals surface area contributed by atoms with Crippen LogP contribution in [0.15, 0.2) is 0 Å². The van der Waals surface area contributed by atoms with E-state index in [1.54, 1.807) is 6.92 Å². The molecular weight excluding hydrogens is 76.1 g/mol. The first-order chi connectivity index (χ1) is 3.21. The van der Waals surface area contributed by atoms with Crippen molar-refractivity contribution in [2.75, 3.05) is 6.61 Å². The molecule has 36 valence electrons. The van der Waals surface area contributed by atoms with Crippen molar-refractivity contribution < 1.29 is 6.11 Å². The molecule has 0 saturated carbocycles. The van der Waals surface area contributed by atoms with Crippen molar-refractivity contribution >= 4 is 0 Å². The molecule has 0 bridgehead atoms. The molecule has 0 N–H and O–H groups in total. The SMILES string of the molecule is [2H]C1(C)CCCO1. The topological polar surface area (TPSA) is 9.23 Å². The zero-order valence-corrected chi connectivity index (χ0v) is 4.03. The van der Waals surface area contributed by atoms with Gasteiger partial charge >= 0.3 is 0 Å². The summed E-state index contributed by atoms with van der Waals surface area (Å²) in [5.41, 5.74) is 0. The maximum Gasteiger partial charge on any atom is 0.0600 e. The van der Waals surface area contributed by atoms with Gasteiger partial charge in [0.15, 0.2) is 0 Å². The standard InChI is InChI=1S/C5H10O/c1-5-3-2-4-6-5/h5H,2-4H2,1H3/i5D. The minimum Gasteiger partial charge on any atom is -0.379 e. The van der Waals surface area contributed by atoms with E-state index in [0.717, 1.165) is 19.4 Å². The van der Waals surface area contributed by atoms with Crippen LogP contribution in [0, 0.1) is 0 Å². The van der Waals surface area contributed by atoms with Gasteiger partial charge in [-0.1, -0.05) is 0 Å². The largest absolute Gasteiger partial charge is 0.379 e. The quantitative estimate of drug-likeness (QED) is 0.431. The molecular formula is C5H10O. The Morgan fingerprint density at radius 2 is 2.83 bits per heavy atom. The maximum absolute atomic E-state index is 7.26. The highest BCUT2D eigenvalue weighted by Gasteiger charge is 2.07. The van der Waals surface area contributed by atoms with E-state index in [9.17, 15) is 0 Å². The first-order valence-corrected chi connectivity index (χ1v) is 2.35. The molecule has 0 radical (unpaired) electrons. The molecule has 1 heteroatoms. The number of hydrogen-bond acceptors (Lipinski definition) is 1. The fourth-order valence-electron chi connectivity index (χ4n) is 0.640. The molecule has 1 atom stereocenters. The van der Waals surface area contributed by atoms with Crippen LogP contribution in [0.5, 0.6) is 0 Å². The summed E-state index contributed by atoms with van der Waals surface area (Å²) < 4.78 is 12.3. The molecule has 0 spiro atoms. The predicted octanol–water partition coefficient (Wildman–Crippen LogP) is 1.19. The third kappa shape index (κ3) is 0.716. The number of rotatable bonds is 0. The molecule has 1 aliphatic heterocycles. The number of ether oxygens (including phenoxy) is 1. The van der Waals surface area contributed by atoms with E-state index in [4.69, 9.17) is 6.11 Å². The zero-order chi connectivity index (χ0) is 5.33. The average molecular weight is 87.1 g/mol. The van der Waals surface area contributed by atoms with Crippen LogP contribution in [0.2, 0.25) is 0 Å². The molecule has 0 amide bonds. The molecule has 0 aromatic carbocycles. The van der Waals surface area contributed by atoms with Gasteiger partial charge in [0.1, 0.15) is 0 Å². The maximum atomic E-state index is 7.26. The Labute approximate surface area is 39.7 Å². The van der Waals surface area contributed by atoms with Crippen molar-refractivity contribution in [3.8, 4) is 0 Å². The van der Waals surface area contributed by atoms with Crippen molar-refractivity contribution in [3.05, 3.63) is 0 Å². The van der Waals surface area contributed by atoms with Gasteiger partial charge in [-0.15, -0.1) is 0 Å². The van der Waals surface area contributed by atoms with Crippen LogP contribution in [0.4, 0.5) is 0 Å². The predicted molar refractivity (Wildman–Crippen MR) is 24.6 cm³/mol. The van der Waals surface area contributed by atoms with Crippen LogP contribution in [0.25, 0.3) is 0 Å². The lowest BCUT2D eigenvalue weighted by Crippen LogP contribution is -1.94. The Balaban J connectivity index is 2.40. The Bertz CT molecular complexity index is 62.5. The van der Waals surface area contributed by atoms with E-state index in [0.29, 0.717) is 0 Å². The second kappa shape index (κ2) is 1.61. The molecule has 1 unspecified atom stereocenters. The highest BCUT2D eigenvalue weighted by molar-refractivity contribution is 4.56. The fourth-order valence-corrected chi connectivity index (χ4v) is 0.640. The minimum atomic E-state index is -0.556. The Morgan fingerprint density at radius 1 is 2.00 bits per heavy atom. The summed E-state index contributed by atoms with van der Waals surface area (Å²) in [5, 5.41) is 0. The molecule has 1 heterocycles. The summed E-state index contributed by atoms with van der Waals surface area (Å²) in [5.74, 6) is 0. The van der Waals surface area contributed by atoms with Crippen molar-refractivity contribution in [2.24, 2.45) is 0 Å². The first kappa shape index (κ1) is 3.03. The molecule has 1 saturated heterocycles. The van der Waals surface area contributed by atoms with Gasteiger partial charge in [-0.3, -0.25) is 0 Å². The molecule has 0 aromatic heterocycles. The summed E-state index contributed by atoms with van der Waals surface area (Å²) in [6.45, 7) is 2.58. The molecule has 1 rings (SSSR count). The lowest BCUT2D eigenvalue weighted by Gasteiger charge is -1.94. The van der Waals surface area contributed by atoms with Crippen LogP contribution >= 0.6 is 0 Å². The Kier molecular flexibility index (Phi) is 0.810. The highest BCUT2D eigenvalue weighted by Crippen LogP contribution is 2.09. The van der Waals surface area contributed by atoms with Gasteiger partial charge in [0.25, 0.3) is 0 Å². The van der Waals surface area contributed by atoms with Gasteiger partial charge in [-0.25, -0.2) is 0 Å². The summed E-state index contributed by atoms with van der Waals surface area (Å²) in [6.07, 6.45) is 1.40. The molecule has 1 fully saturated rings. The minimum absolute atomic E-state index is 0.556. The smallest absolute Gasteiger partial charge is 0.0600 e. The highest BCUT2D eigenvalue weighted by atomic mass is 16.5. The summed E-state index contributed by atoms with van der Waals surface area (Å²) in [4.78, 5) is 0. The Hall–Kier alpha value is -0.0400. The summed E-state index contributed by atoms with van der Waals surface area (Å²) >= 11 is 0. The van der Waals surface area contributed by atoms with Crippen LogP contribution in [0.1, 0.15) is 21.1 Å². The zero-order valence-electron chi connectivity index (χ0n) is 5.03. The van der Waals surface area contributed by atoms with E-state index in [1.165, 1.54) is 0 Å². The van der Waals surface area contributed by atoms with Crippen molar-refractivity contribution in [1.82, 2.24) is 0 Å². The van der Waals surface area contributed by atoms with Gasteiger partial charge in [0.2, 0.25) is 0 Å². The van der Waals surface area contributed by atoms with Gasteiger partial charge in [0, 0.05) is 6.61 Å². The van der Waals surface area contributed by atoms with Gasteiger partial charge in [0.05, 0.1) is 7.45 Å². The summed E-state index contributed by atoms with van der Waals surface area (Å²) in [6, 6.07) is 0. The molecule has 0 aliphatic carbocycles. The van der Waals surface area contributed by atoms with Gasteiger partial charge in [-0.05, 0) is 19.8 Å². The molecule has 1 nitrogen and oxygen atoms in total. The second-order valence-corrected chi connectivity index (χ2v) is 1.65. The van der Waals surface area contributed by atoms with E-state index in [-0.39, 0.29) is 0 Å². The van der Waals surface area contributed by atoms with E-state index in [1.807, 2.05) is 0 Å². The van der Waals surface area contributed by atoms with Crippen molar-refractivity contribution in [2.45, 2.75) is 25.8 Å². The van der Waals surface area contributed by atoms with Crippen molar-refractivity contribution in [3.63, 3.8) is 0 Å². The number of hydrogen-bond donors (Lipinski definition) is 0. The fraction of sp³-hybridized carbons (Fsp3) is 1.00. The van der Waals surface area contributed by atoms with E-state index >= 15 is 0 Å². The summed E-state index contributed by atoms with van der Waals surface area (Å²) in [7, 11) is 0. The molecule has 0 aromatic rings. The first-order valence-electron chi connectivity index (χ1n) is 2.85. The van der Waals surface area contributed by atoms with Crippen molar-refractivity contribution in [1.29, 1.82) is 0 Å². The molecule has 1 aliphatic rings. The monoisotopic (exact) mass is 87.1 g/mol. The van der Waals surface area contributed by atoms with Gasteiger partial charge in [-0.2, -0.15) is 0 Å². The lowest BCUT2D eigenvalue weighted by molar-refractivity contribution is 0.125. The van der Waals surface area contributed by atoms with Crippen LogP contribution in [-0.2, 0) is 4.74 Å². The van der Waals surface area contributed by atoms with Gasteiger partial charge < -0.3 is 4.74 Å². The van der Waals surface area contributed by atoms with Crippen LogP contribution < -0.4 is 0 Å². The molecule has 6 heavy (non-hydrogen) atoms. The van der Waals surface area contributed by atoms with Crippen LogP contribution in [-0.4, -0.2) is 12.7 Å². The Morgan fingerprint density at radius 3 is 3.00 bits per heavy atom. The van der Waals surface area contributed by atoms with E-state index in [2.05, 4.69) is 0 Å². The third-order valence-corrected chi connectivity index (χ3v) is 1.02. The average Bonchev–Trinajstić information content (AvgIpc) is 1.84.